The molecule has 0 aliphatic heterocycles. The van der Waals surface area contributed by atoms with Crippen LogP contribution in [-0.4, -0.2) is 24.8 Å². The number of hydrogen-bond donors (Lipinski definition) is 0. The molecule has 0 bridgehead atoms. The summed E-state index contributed by atoms with van der Waals surface area (Å²) in [6.45, 7) is 6.26. The summed E-state index contributed by atoms with van der Waals surface area (Å²) in [5.41, 5.74) is 2.51. The van der Waals surface area contributed by atoms with Gasteiger partial charge in [-0.1, -0.05) is 71.4 Å². The van der Waals surface area contributed by atoms with Crippen LogP contribution in [0, 0.1) is 0 Å². The number of benzene rings is 1. The van der Waals surface area contributed by atoms with Gasteiger partial charge >= 0.3 is 29.6 Å². The Balaban J connectivity index is 0.00000729. The van der Waals surface area contributed by atoms with Crippen molar-refractivity contribution < 1.29 is 47.3 Å². The summed E-state index contributed by atoms with van der Waals surface area (Å²) < 4.78 is 39.5. The molecule has 0 aromatic heterocycles. The number of rotatable bonds is 15. The fourth-order valence-electron chi connectivity index (χ4n) is 3.35. The van der Waals surface area contributed by atoms with Gasteiger partial charge in [-0.25, -0.2) is 8.42 Å². The second-order valence-corrected chi connectivity index (χ2v) is 8.84. The number of aryl methyl sites for hydroxylation is 1. The van der Waals surface area contributed by atoms with Crippen molar-refractivity contribution >= 4 is 10.1 Å². The Morgan fingerprint density at radius 3 is 2.07 bits per heavy atom. The zero-order chi connectivity index (χ0) is 20.1. The predicted octanol–water partition coefficient (Wildman–Crippen LogP) is 2.64. The van der Waals surface area contributed by atoms with E-state index >= 15 is 0 Å². The maximum Gasteiger partial charge on any atom is 1.00 e. The molecule has 0 heterocycles. The second kappa shape index (κ2) is 15.7. The SMILES string of the molecule is CCCCCCc1cccc(OC(CC)CS(=O)(=O)[O-])c1CCCCCC.[Na+]. The minimum atomic E-state index is -4.30. The van der Waals surface area contributed by atoms with Crippen molar-refractivity contribution in [1.29, 1.82) is 0 Å². The molecule has 0 amide bonds. The van der Waals surface area contributed by atoms with Gasteiger partial charge < -0.3 is 9.29 Å². The molecule has 0 N–H and O–H groups in total. The largest absolute Gasteiger partial charge is 1.00 e. The van der Waals surface area contributed by atoms with Gasteiger partial charge in [-0.15, -0.1) is 0 Å². The summed E-state index contributed by atoms with van der Waals surface area (Å²) in [7, 11) is -4.30. The van der Waals surface area contributed by atoms with Gasteiger partial charge in [-0.3, -0.25) is 0 Å². The van der Waals surface area contributed by atoms with E-state index < -0.39 is 22.0 Å². The van der Waals surface area contributed by atoms with E-state index in [1.807, 2.05) is 19.1 Å². The Kier molecular flexibility index (Phi) is 15.7. The Hall–Kier alpha value is -0.0700. The zero-order valence-corrected chi connectivity index (χ0v) is 21.2. The van der Waals surface area contributed by atoms with Crippen molar-refractivity contribution in [2.75, 3.05) is 5.75 Å². The Labute approximate surface area is 194 Å². The molecule has 0 fully saturated rings. The molecule has 1 aromatic rings. The number of unbranched alkanes of at least 4 members (excludes halogenated alkanes) is 6. The van der Waals surface area contributed by atoms with Crippen LogP contribution in [0.3, 0.4) is 0 Å². The molecule has 1 atom stereocenters. The van der Waals surface area contributed by atoms with Gasteiger partial charge in [0.1, 0.15) is 11.9 Å². The van der Waals surface area contributed by atoms with E-state index in [9.17, 15) is 13.0 Å². The molecule has 1 aromatic carbocycles. The third-order valence-electron chi connectivity index (χ3n) is 4.95. The van der Waals surface area contributed by atoms with E-state index in [-0.39, 0.29) is 29.6 Å². The summed E-state index contributed by atoms with van der Waals surface area (Å²) >= 11 is 0. The molecule has 0 spiro atoms. The molecular weight excluding hydrogens is 383 g/mol. The van der Waals surface area contributed by atoms with Crippen molar-refractivity contribution in [1.82, 2.24) is 0 Å². The standard InChI is InChI=1S/C22H38O4S.Na/c1-4-7-9-11-14-19-15-13-17-22(21(19)16-12-10-8-5-2)26-20(6-3)18-27(23,24)25;/h13,15,17,20H,4-12,14,16,18H2,1-3H3,(H,23,24,25);/q;+1/p-1. The van der Waals surface area contributed by atoms with Gasteiger partial charge in [-0.2, -0.15) is 0 Å². The van der Waals surface area contributed by atoms with Crippen LogP contribution < -0.4 is 34.3 Å². The molecule has 1 unspecified atom stereocenters. The number of ether oxygens (including phenoxy) is 1. The first kappa shape index (κ1) is 27.9. The third kappa shape index (κ3) is 11.8. The average Bonchev–Trinajstić information content (AvgIpc) is 2.62. The van der Waals surface area contributed by atoms with Gasteiger partial charge in [0.15, 0.2) is 0 Å². The van der Waals surface area contributed by atoms with E-state index in [1.165, 1.54) is 49.7 Å². The first-order chi connectivity index (χ1) is 12.9. The van der Waals surface area contributed by atoms with Crippen molar-refractivity contribution in [3.8, 4) is 5.75 Å². The number of hydrogen-bond acceptors (Lipinski definition) is 4. The van der Waals surface area contributed by atoms with Crippen LogP contribution in [0.4, 0.5) is 0 Å². The molecule has 0 saturated heterocycles. The topological polar surface area (TPSA) is 66.4 Å². The first-order valence-electron chi connectivity index (χ1n) is 10.6. The van der Waals surface area contributed by atoms with Crippen molar-refractivity contribution in [2.24, 2.45) is 0 Å². The van der Waals surface area contributed by atoms with Crippen LogP contribution in [0.5, 0.6) is 5.75 Å². The van der Waals surface area contributed by atoms with Gasteiger partial charge in [0, 0.05) is 0 Å². The van der Waals surface area contributed by atoms with Gasteiger partial charge in [0.2, 0.25) is 0 Å². The van der Waals surface area contributed by atoms with Crippen molar-refractivity contribution in [3.63, 3.8) is 0 Å². The zero-order valence-electron chi connectivity index (χ0n) is 18.3. The summed E-state index contributed by atoms with van der Waals surface area (Å²) in [5.74, 6) is 0.287. The van der Waals surface area contributed by atoms with Crippen molar-refractivity contribution in [3.05, 3.63) is 29.3 Å². The Bertz CT molecular complexity index is 631. The van der Waals surface area contributed by atoms with E-state index in [1.54, 1.807) is 0 Å². The molecule has 1 rings (SSSR count). The van der Waals surface area contributed by atoms with Gasteiger partial charge in [-0.05, 0) is 49.3 Å². The maximum absolute atomic E-state index is 11.2. The van der Waals surface area contributed by atoms with E-state index in [2.05, 4.69) is 19.9 Å². The van der Waals surface area contributed by atoms with E-state index in [0.717, 1.165) is 31.4 Å². The van der Waals surface area contributed by atoms with Crippen LogP contribution in [0.25, 0.3) is 0 Å². The molecule has 4 nitrogen and oxygen atoms in total. The third-order valence-corrected chi connectivity index (χ3v) is 5.73. The van der Waals surface area contributed by atoms with Gasteiger partial charge in [0.25, 0.3) is 0 Å². The summed E-state index contributed by atoms with van der Waals surface area (Å²) in [5, 5.41) is 0. The van der Waals surface area contributed by atoms with Gasteiger partial charge in [0.05, 0.1) is 15.9 Å². The summed E-state index contributed by atoms with van der Waals surface area (Å²) in [4.78, 5) is 0. The monoisotopic (exact) mass is 420 g/mol. The molecule has 28 heavy (non-hydrogen) atoms. The van der Waals surface area contributed by atoms with Crippen molar-refractivity contribution in [2.45, 2.75) is 97.5 Å². The molecule has 0 saturated carbocycles. The quantitative estimate of drug-likeness (QED) is 0.249. The average molecular weight is 421 g/mol. The van der Waals surface area contributed by atoms with Crippen LogP contribution in [-0.2, 0) is 23.0 Å². The predicted molar refractivity (Wildman–Crippen MR) is 111 cm³/mol. The maximum atomic E-state index is 11.2. The molecule has 0 aliphatic carbocycles. The van der Waals surface area contributed by atoms with E-state index in [0.29, 0.717) is 6.42 Å². The summed E-state index contributed by atoms with van der Waals surface area (Å²) in [6, 6.07) is 6.07. The van der Waals surface area contributed by atoms with Crippen LogP contribution in [0.1, 0.15) is 89.7 Å². The smallest absolute Gasteiger partial charge is 0.748 e. The first-order valence-corrected chi connectivity index (χ1v) is 12.2. The molecule has 0 radical (unpaired) electrons. The van der Waals surface area contributed by atoms with Crippen LogP contribution in [0.15, 0.2) is 18.2 Å². The fourth-order valence-corrected chi connectivity index (χ4v) is 4.11. The molecule has 156 valence electrons. The fraction of sp³-hybridized carbons (Fsp3) is 0.727. The Morgan fingerprint density at radius 2 is 1.54 bits per heavy atom. The Morgan fingerprint density at radius 1 is 0.929 bits per heavy atom. The van der Waals surface area contributed by atoms with E-state index in [4.69, 9.17) is 4.74 Å². The van der Waals surface area contributed by atoms with Crippen LogP contribution >= 0.6 is 0 Å². The minimum Gasteiger partial charge on any atom is -0.748 e. The molecular formula is C22H37NaO4S. The minimum absolute atomic E-state index is 0. The normalized spacial score (nSPS) is 12.4. The molecule has 6 heteroatoms. The molecule has 0 aliphatic rings. The van der Waals surface area contributed by atoms with Crippen LogP contribution in [0.2, 0.25) is 0 Å². The second-order valence-electron chi connectivity index (χ2n) is 7.39. The summed E-state index contributed by atoms with van der Waals surface area (Å²) in [6.07, 6.45) is 11.4.